The second-order valence-electron chi connectivity index (χ2n) is 7.59. The molecule has 1 saturated carbocycles. The minimum atomic E-state index is 0.101. The van der Waals surface area contributed by atoms with Gasteiger partial charge in [-0.15, -0.1) is 0 Å². The molecule has 4 heteroatoms. The van der Waals surface area contributed by atoms with Gasteiger partial charge in [-0.05, 0) is 30.2 Å². The minimum absolute atomic E-state index is 0.101. The Morgan fingerprint density at radius 1 is 1.29 bits per heavy atom. The van der Waals surface area contributed by atoms with Crippen LogP contribution in [-0.4, -0.2) is 17.1 Å². The molecule has 128 valence electrons. The zero-order chi connectivity index (χ0) is 17.0. The standard InChI is InChI=1S/C20H26N2O2/c1-20(2)12-10-18(17(14-20)15-6-4-3-5-7-15)21-19(23)9-8-16-11-13-24-22-16/h3-7,11,13,17-18H,8-10,12,14H2,1-2H3,(H,21,23). The van der Waals surface area contributed by atoms with Crippen LogP contribution in [0.3, 0.4) is 0 Å². The quantitative estimate of drug-likeness (QED) is 0.900. The van der Waals surface area contributed by atoms with Crippen LogP contribution in [0.1, 0.15) is 56.7 Å². The second kappa shape index (κ2) is 7.20. The zero-order valence-electron chi connectivity index (χ0n) is 14.5. The number of nitrogens with one attached hydrogen (secondary N) is 1. The number of hydrogen-bond donors (Lipinski definition) is 1. The highest BCUT2D eigenvalue weighted by atomic mass is 16.5. The van der Waals surface area contributed by atoms with Crippen LogP contribution in [-0.2, 0) is 11.2 Å². The van der Waals surface area contributed by atoms with Gasteiger partial charge in [0, 0.05) is 30.9 Å². The molecule has 1 N–H and O–H groups in total. The fourth-order valence-corrected chi connectivity index (χ4v) is 3.70. The van der Waals surface area contributed by atoms with Gasteiger partial charge in [-0.25, -0.2) is 0 Å². The summed E-state index contributed by atoms with van der Waals surface area (Å²) in [6.45, 7) is 4.65. The van der Waals surface area contributed by atoms with Crippen molar-refractivity contribution in [2.45, 2.75) is 57.9 Å². The van der Waals surface area contributed by atoms with E-state index in [1.807, 2.05) is 12.1 Å². The van der Waals surface area contributed by atoms with Gasteiger partial charge in [-0.3, -0.25) is 4.79 Å². The molecule has 1 amide bonds. The highest BCUT2D eigenvalue weighted by Gasteiger charge is 2.36. The lowest BCUT2D eigenvalue weighted by atomic mass is 9.68. The summed E-state index contributed by atoms with van der Waals surface area (Å²) in [4.78, 5) is 12.4. The molecule has 0 bridgehead atoms. The third kappa shape index (κ3) is 4.25. The number of hydrogen-bond acceptors (Lipinski definition) is 3. The average Bonchev–Trinajstić information content (AvgIpc) is 3.09. The number of benzene rings is 1. The summed E-state index contributed by atoms with van der Waals surface area (Å²) in [7, 11) is 0. The first-order valence-electron chi connectivity index (χ1n) is 8.77. The van der Waals surface area contributed by atoms with Crippen molar-refractivity contribution in [1.82, 2.24) is 10.5 Å². The molecular weight excluding hydrogens is 300 g/mol. The number of carbonyl (C=O) groups is 1. The first kappa shape index (κ1) is 16.7. The van der Waals surface area contributed by atoms with Crippen molar-refractivity contribution in [3.63, 3.8) is 0 Å². The number of rotatable bonds is 5. The second-order valence-corrected chi connectivity index (χ2v) is 7.59. The van der Waals surface area contributed by atoms with Gasteiger partial charge < -0.3 is 9.84 Å². The Labute approximate surface area is 143 Å². The van der Waals surface area contributed by atoms with Crippen LogP contribution in [0.4, 0.5) is 0 Å². The van der Waals surface area contributed by atoms with Gasteiger partial charge in [0.1, 0.15) is 6.26 Å². The zero-order valence-corrected chi connectivity index (χ0v) is 14.5. The predicted octanol–water partition coefficient (Wildman–Crippen LogP) is 4.09. The molecule has 1 heterocycles. The summed E-state index contributed by atoms with van der Waals surface area (Å²) in [6, 6.07) is 12.6. The SMILES string of the molecule is CC1(C)CCC(NC(=O)CCc2ccon2)C(c2ccccc2)C1. The predicted molar refractivity (Wildman–Crippen MR) is 93.6 cm³/mol. The molecule has 2 atom stereocenters. The van der Waals surface area contributed by atoms with Crippen LogP contribution in [0.25, 0.3) is 0 Å². The molecule has 24 heavy (non-hydrogen) atoms. The molecule has 2 aromatic rings. The number of aryl methyl sites for hydroxylation is 1. The fourth-order valence-electron chi connectivity index (χ4n) is 3.70. The largest absolute Gasteiger partial charge is 0.365 e. The Bertz CT molecular complexity index is 650. The Kier molecular flexibility index (Phi) is 5.03. The van der Waals surface area contributed by atoms with E-state index in [-0.39, 0.29) is 11.9 Å². The Balaban J connectivity index is 1.64. The van der Waals surface area contributed by atoms with Gasteiger partial charge in [-0.1, -0.05) is 49.3 Å². The van der Waals surface area contributed by atoms with Crippen molar-refractivity contribution in [2.24, 2.45) is 5.41 Å². The topological polar surface area (TPSA) is 55.1 Å². The van der Waals surface area contributed by atoms with Gasteiger partial charge in [0.2, 0.25) is 5.91 Å². The molecule has 1 aromatic carbocycles. The monoisotopic (exact) mass is 326 g/mol. The van der Waals surface area contributed by atoms with Gasteiger partial charge in [0.25, 0.3) is 0 Å². The molecule has 0 aliphatic heterocycles. The van der Waals surface area contributed by atoms with E-state index < -0.39 is 0 Å². The van der Waals surface area contributed by atoms with Crippen LogP contribution in [0, 0.1) is 5.41 Å². The minimum Gasteiger partial charge on any atom is -0.365 e. The lowest BCUT2D eigenvalue weighted by Gasteiger charge is -2.41. The molecule has 1 aromatic heterocycles. The summed E-state index contributed by atoms with van der Waals surface area (Å²) in [5, 5.41) is 7.13. The van der Waals surface area contributed by atoms with Crippen LogP contribution < -0.4 is 5.32 Å². The van der Waals surface area contributed by atoms with Crippen molar-refractivity contribution in [1.29, 1.82) is 0 Å². The average molecular weight is 326 g/mol. The fraction of sp³-hybridized carbons (Fsp3) is 0.500. The van der Waals surface area contributed by atoms with Crippen molar-refractivity contribution >= 4 is 5.91 Å². The van der Waals surface area contributed by atoms with E-state index in [0.717, 1.165) is 25.0 Å². The molecule has 3 rings (SSSR count). The van der Waals surface area contributed by atoms with Crippen LogP contribution in [0.15, 0.2) is 47.2 Å². The summed E-state index contributed by atoms with van der Waals surface area (Å²) >= 11 is 0. The first-order chi connectivity index (χ1) is 11.5. The van der Waals surface area contributed by atoms with E-state index in [4.69, 9.17) is 4.52 Å². The molecule has 1 aliphatic rings. The van der Waals surface area contributed by atoms with E-state index >= 15 is 0 Å². The maximum atomic E-state index is 12.4. The molecule has 0 saturated heterocycles. The van der Waals surface area contributed by atoms with Crippen LogP contribution >= 0.6 is 0 Å². The van der Waals surface area contributed by atoms with E-state index in [1.54, 1.807) is 6.26 Å². The number of nitrogens with zero attached hydrogens (tertiary/aromatic N) is 1. The van der Waals surface area contributed by atoms with E-state index in [2.05, 4.69) is 48.6 Å². The number of aromatic nitrogens is 1. The lowest BCUT2D eigenvalue weighted by Crippen LogP contribution is -2.44. The highest BCUT2D eigenvalue weighted by molar-refractivity contribution is 5.76. The summed E-state index contributed by atoms with van der Waals surface area (Å²) in [6.07, 6.45) is 5.89. The van der Waals surface area contributed by atoms with Crippen molar-refractivity contribution in [3.05, 3.63) is 53.9 Å². The molecule has 0 radical (unpaired) electrons. The number of carbonyl (C=O) groups excluding carboxylic acids is 1. The molecule has 0 spiro atoms. The smallest absolute Gasteiger partial charge is 0.220 e. The lowest BCUT2D eigenvalue weighted by molar-refractivity contribution is -0.122. The summed E-state index contributed by atoms with van der Waals surface area (Å²) < 4.78 is 4.81. The molecule has 2 unspecified atom stereocenters. The Morgan fingerprint density at radius 3 is 2.79 bits per heavy atom. The maximum Gasteiger partial charge on any atom is 0.220 e. The van der Waals surface area contributed by atoms with Crippen LogP contribution in [0.2, 0.25) is 0 Å². The summed E-state index contributed by atoms with van der Waals surface area (Å²) in [5.41, 5.74) is 2.48. The van der Waals surface area contributed by atoms with Crippen LogP contribution in [0.5, 0.6) is 0 Å². The van der Waals surface area contributed by atoms with Crippen molar-refractivity contribution in [2.75, 3.05) is 0 Å². The maximum absolute atomic E-state index is 12.4. The van der Waals surface area contributed by atoms with E-state index in [0.29, 0.717) is 24.2 Å². The Morgan fingerprint density at radius 2 is 2.08 bits per heavy atom. The van der Waals surface area contributed by atoms with Gasteiger partial charge in [0.15, 0.2) is 0 Å². The Hall–Kier alpha value is -2.10. The van der Waals surface area contributed by atoms with Gasteiger partial charge >= 0.3 is 0 Å². The number of amides is 1. The highest BCUT2D eigenvalue weighted by Crippen LogP contribution is 2.43. The molecule has 4 nitrogen and oxygen atoms in total. The van der Waals surface area contributed by atoms with Gasteiger partial charge in [0.05, 0.1) is 5.69 Å². The van der Waals surface area contributed by atoms with E-state index in [1.165, 1.54) is 5.56 Å². The third-order valence-corrected chi connectivity index (χ3v) is 5.06. The van der Waals surface area contributed by atoms with E-state index in [9.17, 15) is 4.79 Å². The molecule has 1 aliphatic carbocycles. The first-order valence-corrected chi connectivity index (χ1v) is 8.77. The molecular formula is C20H26N2O2. The van der Waals surface area contributed by atoms with Crippen molar-refractivity contribution < 1.29 is 9.32 Å². The molecule has 1 fully saturated rings. The summed E-state index contributed by atoms with van der Waals surface area (Å²) in [5.74, 6) is 0.481. The van der Waals surface area contributed by atoms with Crippen molar-refractivity contribution in [3.8, 4) is 0 Å². The third-order valence-electron chi connectivity index (χ3n) is 5.06. The van der Waals surface area contributed by atoms with Gasteiger partial charge in [-0.2, -0.15) is 0 Å². The normalized spacial score (nSPS) is 22.9.